The van der Waals surface area contributed by atoms with Gasteiger partial charge in [-0.05, 0) is 80.7 Å². The Morgan fingerprint density at radius 2 is 2.00 bits per heavy atom. The molecule has 3 aliphatic rings. The second kappa shape index (κ2) is 7.92. The molecule has 7 nitrogen and oxygen atoms in total. The van der Waals surface area contributed by atoms with Crippen LogP contribution in [0.5, 0.6) is 0 Å². The van der Waals surface area contributed by atoms with Crippen molar-refractivity contribution in [2.45, 2.75) is 77.4 Å². The van der Waals surface area contributed by atoms with Crippen molar-refractivity contribution in [3.63, 3.8) is 0 Å². The molecule has 0 radical (unpaired) electrons. The summed E-state index contributed by atoms with van der Waals surface area (Å²) in [6, 6.07) is 5.89. The Morgan fingerprint density at radius 1 is 1.18 bits per heavy atom. The minimum Gasteiger partial charge on any atom is -0.365 e. The van der Waals surface area contributed by atoms with Gasteiger partial charge in [-0.3, -0.25) is 4.79 Å². The molecule has 2 aliphatic heterocycles. The molecule has 4 heterocycles. The predicted molar refractivity (Wildman–Crippen MR) is 131 cm³/mol. The van der Waals surface area contributed by atoms with Gasteiger partial charge in [0.05, 0.1) is 34.5 Å². The van der Waals surface area contributed by atoms with Crippen LogP contribution in [-0.2, 0) is 4.74 Å². The van der Waals surface area contributed by atoms with Crippen LogP contribution in [0, 0.1) is 16.7 Å². The van der Waals surface area contributed by atoms with Crippen LogP contribution in [0.3, 0.4) is 0 Å². The Labute approximate surface area is 200 Å². The maximum Gasteiger partial charge on any atom is 0.291 e. The number of aromatic nitrogens is 3. The van der Waals surface area contributed by atoms with Gasteiger partial charge in [0.1, 0.15) is 11.8 Å². The molecule has 0 aromatic carbocycles. The van der Waals surface area contributed by atoms with Gasteiger partial charge >= 0.3 is 0 Å². The number of nitriles is 1. The second-order valence-electron chi connectivity index (χ2n) is 11.1. The van der Waals surface area contributed by atoms with Crippen LogP contribution in [0.25, 0.3) is 11.1 Å². The number of hydrogen-bond acceptors (Lipinski definition) is 5. The number of anilines is 1. The number of pyridine rings is 1. The van der Waals surface area contributed by atoms with E-state index in [0.717, 1.165) is 55.5 Å². The van der Waals surface area contributed by atoms with E-state index < -0.39 is 5.91 Å². The minimum absolute atomic E-state index is 0.106. The standard InChI is InChI=1S/C27H31N5O2/c1-25(2)9-7-17(8-10-25)22-21(32-24(33)23-29-16-19(15-28)30-23)6-5-20(31-22)18-13-26(3)11-12-27(4,14-18)34-26/h5-7,13,16H,8-12,14H2,1-4H3,(H,29,30)(H,32,33). The number of hydrogen-bond donors (Lipinski definition) is 2. The maximum absolute atomic E-state index is 12.9. The number of imidazole rings is 1. The Morgan fingerprint density at radius 3 is 2.68 bits per heavy atom. The molecule has 5 rings (SSSR count). The van der Waals surface area contributed by atoms with Crippen LogP contribution in [0.4, 0.5) is 5.69 Å². The van der Waals surface area contributed by atoms with Gasteiger partial charge in [0, 0.05) is 6.42 Å². The molecule has 2 aromatic heterocycles. The summed E-state index contributed by atoms with van der Waals surface area (Å²) in [5.74, 6) is -0.285. The van der Waals surface area contributed by atoms with Gasteiger partial charge < -0.3 is 15.0 Å². The first-order valence-electron chi connectivity index (χ1n) is 12.0. The number of amides is 1. The fourth-order valence-corrected chi connectivity index (χ4v) is 5.34. The predicted octanol–water partition coefficient (Wildman–Crippen LogP) is 5.64. The quantitative estimate of drug-likeness (QED) is 0.619. The van der Waals surface area contributed by atoms with Gasteiger partial charge in [-0.1, -0.05) is 19.9 Å². The van der Waals surface area contributed by atoms with Crippen LogP contribution >= 0.6 is 0 Å². The lowest BCUT2D eigenvalue weighted by molar-refractivity contribution is -0.0635. The third-order valence-electron chi connectivity index (χ3n) is 7.33. The number of nitrogens with one attached hydrogen (secondary N) is 2. The molecular formula is C27H31N5O2. The number of nitrogens with zero attached hydrogens (tertiary/aromatic N) is 3. The Kier molecular flexibility index (Phi) is 5.25. The molecule has 2 aromatic rings. The van der Waals surface area contributed by atoms with Crippen LogP contribution in [0.1, 0.15) is 93.9 Å². The topological polar surface area (TPSA) is 104 Å². The molecule has 0 spiro atoms. The van der Waals surface area contributed by atoms with Crippen molar-refractivity contribution >= 4 is 22.7 Å². The highest BCUT2D eigenvalue weighted by atomic mass is 16.5. The summed E-state index contributed by atoms with van der Waals surface area (Å²) in [6.45, 7) is 8.89. The van der Waals surface area contributed by atoms with Gasteiger partial charge in [0.25, 0.3) is 5.91 Å². The van der Waals surface area contributed by atoms with E-state index in [2.05, 4.69) is 55.1 Å². The molecular weight excluding hydrogens is 426 g/mol. The van der Waals surface area contributed by atoms with Gasteiger partial charge in [-0.25, -0.2) is 9.97 Å². The molecule has 176 valence electrons. The molecule has 1 fully saturated rings. The number of allylic oxidation sites excluding steroid dienone is 2. The number of carbonyl (C=O) groups is 1. The molecule has 0 saturated carbocycles. The largest absolute Gasteiger partial charge is 0.365 e. The molecule has 1 amide bonds. The lowest BCUT2D eigenvalue weighted by Crippen LogP contribution is -2.34. The highest BCUT2D eigenvalue weighted by molar-refractivity contribution is 6.03. The Balaban J connectivity index is 1.52. The van der Waals surface area contributed by atoms with Crippen molar-refractivity contribution < 1.29 is 9.53 Å². The molecule has 2 bridgehead atoms. The molecule has 2 atom stereocenters. The zero-order valence-electron chi connectivity index (χ0n) is 20.3. The highest BCUT2D eigenvalue weighted by Gasteiger charge is 2.46. The molecule has 7 heteroatoms. The van der Waals surface area contributed by atoms with Crippen LogP contribution in [-0.4, -0.2) is 32.1 Å². The summed E-state index contributed by atoms with van der Waals surface area (Å²) in [7, 11) is 0. The van der Waals surface area contributed by atoms with E-state index in [1.165, 1.54) is 11.8 Å². The number of aromatic amines is 1. The average molecular weight is 458 g/mol. The Bertz CT molecular complexity index is 1260. The van der Waals surface area contributed by atoms with E-state index in [-0.39, 0.29) is 28.1 Å². The summed E-state index contributed by atoms with van der Waals surface area (Å²) >= 11 is 0. The SMILES string of the molecule is CC1(C)CC=C(c2nc(C3=CC4(C)CCC(C)(C3)O4)ccc2NC(=O)c2ncc(C#N)[nH]2)CC1. The fourth-order valence-electron chi connectivity index (χ4n) is 5.34. The van der Waals surface area contributed by atoms with Crippen LogP contribution in [0.2, 0.25) is 0 Å². The van der Waals surface area contributed by atoms with Crippen LogP contribution in [0.15, 0.2) is 30.5 Å². The number of H-pyrrole nitrogens is 1. The van der Waals surface area contributed by atoms with E-state index in [9.17, 15) is 4.79 Å². The number of carbonyl (C=O) groups excluding carboxylic acids is 1. The minimum atomic E-state index is -0.391. The van der Waals surface area contributed by atoms with Crippen molar-refractivity contribution in [1.82, 2.24) is 15.0 Å². The van der Waals surface area contributed by atoms with Gasteiger partial charge in [-0.2, -0.15) is 5.26 Å². The molecule has 34 heavy (non-hydrogen) atoms. The van der Waals surface area contributed by atoms with Crippen molar-refractivity contribution in [1.29, 1.82) is 5.26 Å². The van der Waals surface area contributed by atoms with Crippen molar-refractivity contribution in [2.24, 2.45) is 5.41 Å². The van der Waals surface area contributed by atoms with Crippen molar-refractivity contribution in [3.8, 4) is 6.07 Å². The van der Waals surface area contributed by atoms with Crippen LogP contribution < -0.4 is 5.32 Å². The van der Waals surface area contributed by atoms with E-state index in [1.807, 2.05) is 18.2 Å². The molecule has 1 aliphatic carbocycles. The fraction of sp³-hybridized carbons (Fsp3) is 0.481. The van der Waals surface area contributed by atoms with E-state index >= 15 is 0 Å². The second-order valence-corrected chi connectivity index (χ2v) is 11.1. The van der Waals surface area contributed by atoms with E-state index in [1.54, 1.807) is 0 Å². The summed E-state index contributed by atoms with van der Waals surface area (Å²) in [5, 5.41) is 12.0. The first-order valence-corrected chi connectivity index (χ1v) is 12.0. The zero-order chi connectivity index (χ0) is 24.1. The first kappa shape index (κ1) is 22.5. The smallest absolute Gasteiger partial charge is 0.291 e. The highest BCUT2D eigenvalue weighted by Crippen LogP contribution is 2.49. The van der Waals surface area contributed by atoms with Gasteiger partial charge in [0.2, 0.25) is 0 Å². The number of ether oxygens (including phenoxy) is 1. The maximum atomic E-state index is 12.9. The third-order valence-corrected chi connectivity index (χ3v) is 7.33. The Hall–Kier alpha value is -3.24. The number of fused-ring (bicyclic) bond motifs is 2. The summed E-state index contributed by atoms with van der Waals surface area (Å²) in [4.78, 5) is 24.7. The summed E-state index contributed by atoms with van der Waals surface area (Å²) in [6.07, 6.45) is 11.7. The van der Waals surface area contributed by atoms with E-state index in [0.29, 0.717) is 5.69 Å². The zero-order valence-corrected chi connectivity index (χ0v) is 20.3. The van der Waals surface area contributed by atoms with Gasteiger partial charge in [-0.15, -0.1) is 0 Å². The molecule has 2 N–H and O–H groups in total. The molecule has 2 unspecified atom stereocenters. The number of rotatable bonds is 4. The van der Waals surface area contributed by atoms with Crippen molar-refractivity contribution in [3.05, 3.63) is 53.4 Å². The van der Waals surface area contributed by atoms with E-state index in [4.69, 9.17) is 15.0 Å². The first-order chi connectivity index (χ1) is 16.1. The summed E-state index contributed by atoms with van der Waals surface area (Å²) < 4.78 is 6.32. The lowest BCUT2D eigenvalue weighted by atomic mass is 9.77. The normalized spacial score (nSPS) is 27.5. The molecule has 1 saturated heterocycles. The average Bonchev–Trinajstić information content (AvgIpc) is 3.35. The summed E-state index contributed by atoms with van der Waals surface area (Å²) in [5.41, 5.74) is 4.87. The lowest BCUT2D eigenvalue weighted by Gasteiger charge is -2.35. The van der Waals surface area contributed by atoms with Crippen molar-refractivity contribution in [2.75, 3.05) is 5.32 Å². The van der Waals surface area contributed by atoms with Gasteiger partial charge in [0.15, 0.2) is 5.82 Å². The monoisotopic (exact) mass is 457 g/mol. The third kappa shape index (κ3) is 4.30.